The van der Waals surface area contributed by atoms with Crippen LogP contribution >= 0.6 is 0 Å². The van der Waals surface area contributed by atoms with Gasteiger partial charge in [-0.3, -0.25) is 4.79 Å². The lowest BCUT2D eigenvalue weighted by Crippen LogP contribution is -2.27. The second kappa shape index (κ2) is 2.99. The highest BCUT2D eigenvalue weighted by atomic mass is 16.3. The third-order valence-corrected chi connectivity index (χ3v) is 2.47. The molecule has 1 aliphatic rings. The number of carbonyl (C=O) groups is 1. The van der Waals surface area contributed by atoms with E-state index in [0.717, 1.165) is 0 Å². The molecule has 1 aliphatic heterocycles. The van der Waals surface area contributed by atoms with Gasteiger partial charge in [-0.25, -0.2) is 0 Å². The monoisotopic (exact) mass is 193 g/mol. The molecule has 4 nitrogen and oxygen atoms in total. The summed E-state index contributed by atoms with van der Waals surface area (Å²) in [6.45, 7) is 2.21. The number of hydrogen-bond donors (Lipinski definition) is 2. The fourth-order valence-corrected chi connectivity index (χ4v) is 1.75. The Morgan fingerprint density at radius 3 is 2.79 bits per heavy atom. The van der Waals surface area contributed by atoms with Gasteiger partial charge in [-0.15, -0.1) is 0 Å². The lowest BCUT2D eigenvalue weighted by molar-refractivity contribution is 0.0194. The average molecular weight is 193 g/mol. The van der Waals surface area contributed by atoms with Crippen LogP contribution in [0.2, 0.25) is 0 Å². The number of rotatable bonds is 1. The van der Waals surface area contributed by atoms with Crippen LogP contribution in [0.5, 0.6) is 5.75 Å². The first-order valence-electron chi connectivity index (χ1n) is 4.47. The molecule has 0 spiro atoms. The standard InChI is InChI=1S/C10H11NO3/c1-2-11-9(13)6-4-3-5-7(12)8(6)10(11)14/h3-5,10,12,14H,2H2,1H3. The normalized spacial score (nSPS) is 20.0. The van der Waals surface area contributed by atoms with Crippen molar-refractivity contribution in [1.82, 2.24) is 4.90 Å². The number of fused-ring (bicyclic) bond motifs is 1. The third kappa shape index (κ3) is 1.01. The average Bonchev–Trinajstić information content (AvgIpc) is 2.41. The van der Waals surface area contributed by atoms with Gasteiger partial charge >= 0.3 is 0 Å². The lowest BCUT2D eigenvalue weighted by atomic mass is 10.1. The number of aliphatic hydroxyl groups is 1. The smallest absolute Gasteiger partial charge is 0.256 e. The summed E-state index contributed by atoms with van der Waals surface area (Å²) in [5.74, 6) is -0.259. The summed E-state index contributed by atoms with van der Waals surface area (Å²) in [7, 11) is 0. The third-order valence-electron chi connectivity index (χ3n) is 2.47. The maximum atomic E-state index is 11.6. The van der Waals surface area contributed by atoms with E-state index in [4.69, 9.17) is 0 Å². The Kier molecular flexibility index (Phi) is 1.93. The molecule has 2 rings (SSSR count). The molecule has 0 radical (unpaired) electrons. The van der Waals surface area contributed by atoms with Gasteiger partial charge in [0.1, 0.15) is 5.75 Å². The number of nitrogens with zero attached hydrogens (tertiary/aromatic N) is 1. The fourth-order valence-electron chi connectivity index (χ4n) is 1.75. The summed E-state index contributed by atoms with van der Waals surface area (Å²) < 4.78 is 0. The van der Waals surface area contributed by atoms with Gasteiger partial charge < -0.3 is 15.1 Å². The molecular formula is C10H11NO3. The summed E-state index contributed by atoms with van der Waals surface area (Å²) in [4.78, 5) is 13.0. The summed E-state index contributed by atoms with van der Waals surface area (Å²) in [5.41, 5.74) is 0.707. The van der Waals surface area contributed by atoms with Gasteiger partial charge in [0.2, 0.25) is 0 Å². The number of aromatic hydroxyl groups is 1. The van der Waals surface area contributed by atoms with E-state index < -0.39 is 6.23 Å². The van der Waals surface area contributed by atoms with Crippen molar-refractivity contribution in [3.8, 4) is 5.75 Å². The summed E-state index contributed by atoms with van der Waals surface area (Å²) in [5, 5.41) is 19.2. The largest absolute Gasteiger partial charge is 0.507 e. The Labute approximate surface area is 81.4 Å². The van der Waals surface area contributed by atoms with Crippen molar-refractivity contribution >= 4 is 5.91 Å². The van der Waals surface area contributed by atoms with E-state index in [2.05, 4.69) is 0 Å². The van der Waals surface area contributed by atoms with E-state index >= 15 is 0 Å². The van der Waals surface area contributed by atoms with Crippen LogP contribution in [-0.2, 0) is 0 Å². The van der Waals surface area contributed by atoms with Crippen molar-refractivity contribution in [3.63, 3.8) is 0 Å². The number of phenols is 1. The minimum atomic E-state index is -1.01. The Balaban J connectivity index is 2.58. The van der Waals surface area contributed by atoms with E-state index in [0.29, 0.717) is 17.7 Å². The van der Waals surface area contributed by atoms with Gasteiger partial charge in [-0.1, -0.05) is 6.07 Å². The molecule has 1 aromatic carbocycles. The van der Waals surface area contributed by atoms with Gasteiger partial charge in [0.15, 0.2) is 6.23 Å². The molecule has 0 fully saturated rings. The number of benzene rings is 1. The van der Waals surface area contributed by atoms with Crippen molar-refractivity contribution in [1.29, 1.82) is 0 Å². The molecule has 0 aromatic heterocycles. The fraction of sp³-hybridized carbons (Fsp3) is 0.300. The molecule has 0 aliphatic carbocycles. The van der Waals surface area contributed by atoms with Gasteiger partial charge in [0, 0.05) is 6.54 Å². The van der Waals surface area contributed by atoms with Crippen LogP contribution < -0.4 is 0 Å². The van der Waals surface area contributed by atoms with Gasteiger partial charge in [0.05, 0.1) is 11.1 Å². The van der Waals surface area contributed by atoms with Crippen LogP contribution in [0.25, 0.3) is 0 Å². The molecule has 0 saturated heterocycles. The van der Waals surface area contributed by atoms with Crippen molar-refractivity contribution in [3.05, 3.63) is 29.3 Å². The Morgan fingerprint density at radius 2 is 2.21 bits per heavy atom. The predicted molar refractivity (Wildman–Crippen MR) is 49.8 cm³/mol. The van der Waals surface area contributed by atoms with E-state index in [1.807, 2.05) is 0 Å². The van der Waals surface area contributed by atoms with Crippen LogP contribution in [0.4, 0.5) is 0 Å². The zero-order chi connectivity index (χ0) is 10.3. The molecule has 1 atom stereocenters. The zero-order valence-electron chi connectivity index (χ0n) is 7.77. The van der Waals surface area contributed by atoms with E-state index in [9.17, 15) is 15.0 Å². The molecule has 1 heterocycles. The highest BCUT2D eigenvalue weighted by Crippen LogP contribution is 2.36. The Bertz CT molecular complexity index is 389. The molecule has 1 aromatic rings. The van der Waals surface area contributed by atoms with Gasteiger partial charge in [-0.2, -0.15) is 0 Å². The van der Waals surface area contributed by atoms with Crippen LogP contribution in [0.15, 0.2) is 18.2 Å². The summed E-state index contributed by atoms with van der Waals surface area (Å²) >= 11 is 0. The molecule has 14 heavy (non-hydrogen) atoms. The number of phenolic OH excluding ortho intramolecular Hbond substituents is 1. The Hall–Kier alpha value is -1.55. The van der Waals surface area contributed by atoms with Crippen molar-refractivity contribution in [2.45, 2.75) is 13.2 Å². The van der Waals surface area contributed by atoms with Crippen molar-refractivity contribution in [2.75, 3.05) is 6.54 Å². The molecule has 2 N–H and O–H groups in total. The molecule has 0 saturated carbocycles. The lowest BCUT2D eigenvalue weighted by Gasteiger charge is -2.18. The molecule has 74 valence electrons. The van der Waals surface area contributed by atoms with E-state index in [-0.39, 0.29) is 11.7 Å². The first-order valence-corrected chi connectivity index (χ1v) is 4.47. The second-order valence-electron chi connectivity index (χ2n) is 3.20. The van der Waals surface area contributed by atoms with Crippen LogP contribution in [0.1, 0.15) is 29.1 Å². The maximum Gasteiger partial charge on any atom is 0.256 e. The van der Waals surface area contributed by atoms with Crippen LogP contribution in [0.3, 0.4) is 0 Å². The number of amides is 1. The van der Waals surface area contributed by atoms with Gasteiger partial charge in [-0.05, 0) is 19.1 Å². The topological polar surface area (TPSA) is 60.8 Å². The minimum Gasteiger partial charge on any atom is -0.507 e. The molecule has 0 bridgehead atoms. The van der Waals surface area contributed by atoms with Gasteiger partial charge in [0.25, 0.3) is 5.91 Å². The molecule has 1 amide bonds. The first-order chi connectivity index (χ1) is 6.66. The zero-order valence-corrected chi connectivity index (χ0v) is 7.77. The highest BCUT2D eigenvalue weighted by molar-refractivity contribution is 5.99. The van der Waals surface area contributed by atoms with Crippen molar-refractivity contribution in [2.24, 2.45) is 0 Å². The second-order valence-corrected chi connectivity index (χ2v) is 3.20. The first kappa shape index (κ1) is 9.02. The molecular weight excluding hydrogens is 182 g/mol. The maximum absolute atomic E-state index is 11.6. The SMILES string of the molecule is CCN1C(=O)c2cccc(O)c2C1O. The molecule has 4 heteroatoms. The minimum absolute atomic E-state index is 0.0284. The predicted octanol–water partition coefficient (Wildman–Crippen LogP) is 0.859. The quantitative estimate of drug-likeness (QED) is 0.695. The molecule has 1 unspecified atom stereocenters. The number of hydrogen-bond acceptors (Lipinski definition) is 3. The van der Waals surface area contributed by atoms with Crippen LogP contribution in [0, 0.1) is 0 Å². The Morgan fingerprint density at radius 1 is 1.50 bits per heavy atom. The van der Waals surface area contributed by atoms with Crippen LogP contribution in [-0.4, -0.2) is 27.6 Å². The summed E-state index contributed by atoms with van der Waals surface area (Å²) in [6.07, 6.45) is -1.01. The highest BCUT2D eigenvalue weighted by Gasteiger charge is 2.36. The summed E-state index contributed by atoms with van der Waals surface area (Å²) in [6, 6.07) is 4.67. The van der Waals surface area contributed by atoms with E-state index in [1.165, 1.54) is 11.0 Å². The van der Waals surface area contributed by atoms with E-state index in [1.54, 1.807) is 19.1 Å². The van der Waals surface area contributed by atoms with Crippen molar-refractivity contribution < 1.29 is 15.0 Å². The number of carbonyl (C=O) groups excluding carboxylic acids is 1. The number of aliphatic hydroxyl groups excluding tert-OH is 1.